The molecule has 0 spiro atoms. The molecule has 0 aromatic heterocycles. The van der Waals surface area contributed by atoms with Crippen LogP contribution in [-0.2, 0) is 22.4 Å². The van der Waals surface area contributed by atoms with E-state index in [0.717, 1.165) is 36.0 Å². The number of nitrogens with two attached hydrogens (primary N) is 1. The van der Waals surface area contributed by atoms with Gasteiger partial charge in [0.05, 0.1) is 6.04 Å². The average Bonchev–Trinajstić information content (AvgIpc) is 3.63. The van der Waals surface area contributed by atoms with Crippen molar-refractivity contribution in [3.8, 4) is 11.1 Å². The smallest absolute Gasteiger partial charge is 0.253 e. The first-order valence-corrected chi connectivity index (χ1v) is 18.6. The maximum absolute atomic E-state index is 14.2. The molecule has 0 saturated carbocycles. The van der Waals surface area contributed by atoms with Crippen LogP contribution in [0.1, 0.15) is 72.4 Å². The third kappa shape index (κ3) is 10.6. The first kappa shape index (κ1) is 38.9. The molecule has 278 valence electrons. The van der Waals surface area contributed by atoms with Crippen LogP contribution in [0.2, 0.25) is 0 Å². The summed E-state index contributed by atoms with van der Waals surface area (Å²) in [7, 11) is 0. The Hall–Kier alpha value is -5.28. The summed E-state index contributed by atoms with van der Waals surface area (Å²) in [5, 5.41) is 5.88. The van der Waals surface area contributed by atoms with E-state index in [4.69, 9.17) is 5.73 Å². The lowest BCUT2D eigenvalue weighted by Gasteiger charge is -2.37. The molecule has 1 saturated heterocycles. The van der Waals surface area contributed by atoms with Crippen molar-refractivity contribution in [1.82, 2.24) is 20.4 Å². The number of rotatable bonds is 14. The highest BCUT2D eigenvalue weighted by Crippen LogP contribution is 2.27. The Morgan fingerprint density at radius 1 is 0.792 bits per heavy atom. The molecule has 1 aliphatic heterocycles. The van der Waals surface area contributed by atoms with Gasteiger partial charge in [-0.15, -0.1) is 0 Å². The van der Waals surface area contributed by atoms with Crippen LogP contribution in [0, 0.1) is 5.41 Å². The van der Waals surface area contributed by atoms with Crippen LogP contribution in [0.3, 0.4) is 0 Å². The number of hydrogen-bond acceptors (Lipinski definition) is 5. The van der Waals surface area contributed by atoms with E-state index in [2.05, 4.69) is 22.8 Å². The standard InChI is InChI=1S/C44H53N5O4/c1-31(45)40(50)47-39(44(2,3)4)43(53)49-28-11-16-38(49)30-48(29-26-33-14-9-6-10-15-33)42(52)37-23-19-35(20-24-37)34-17-21-36(22-18-34)41(51)46-27-25-32-12-7-5-8-13-32/h5-10,12-15,17-24,31,38-39H,11,16,25-30,45H2,1-4H3,(H,46,51)(H,47,50)/t31-,38-,39+/m0/s1. The predicted octanol–water partition coefficient (Wildman–Crippen LogP) is 5.88. The van der Waals surface area contributed by atoms with E-state index >= 15 is 0 Å². The molecule has 3 atom stereocenters. The average molecular weight is 716 g/mol. The molecule has 9 heteroatoms. The van der Waals surface area contributed by atoms with E-state index in [9.17, 15) is 19.2 Å². The minimum absolute atomic E-state index is 0.105. The Kier molecular flexibility index (Phi) is 13.2. The van der Waals surface area contributed by atoms with Crippen LogP contribution >= 0.6 is 0 Å². The Morgan fingerprint density at radius 2 is 1.34 bits per heavy atom. The minimum atomic E-state index is -0.745. The summed E-state index contributed by atoms with van der Waals surface area (Å²) in [5.74, 6) is -0.736. The Bertz CT molecular complexity index is 1820. The van der Waals surface area contributed by atoms with E-state index < -0.39 is 17.5 Å². The van der Waals surface area contributed by atoms with Crippen LogP contribution in [0.15, 0.2) is 109 Å². The summed E-state index contributed by atoms with van der Waals surface area (Å²) in [4.78, 5) is 57.3. The van der Waals surface area contributed by atoms with Gasteiger partial charge < -0.3 is 26.2 Å². The summed E-state index contributed by atoms with van der Waals surface area (Å²) in [5.41, 5.74) is 10.6. The van der Waals surface area contributed by atoms with Gasteiger partial charge in [0, 0.05) is 43.3 Å². The van der Waals surface area contributed by atoms with E-state index in [1.54, 1.807) is 6.92 Å². The van der Waals surface area contributed by atoms with E-state index in [0.29, 0.717) is 43.7 Å². The zero-order valence-corrected chi connectivity index (χ0v) is 31.4. The summed E-state index contributed by atoms with van der Waals surface area (Å²) in [6.07, 6.45) is 3.02. The van der Waals surface area contributed by atoms with Crippen molar-refractivity contribution in [1.29, 1.82) is 0 Å². The third-order valence-electron chi connectivity index (χ3n) is 9.86. The SMILES string of the molecule is C[C@H](N)C(=O)N[C@H](C(=O)N1CCC[C@H]1CN(CCc1ccccc1)C(=O)c1ccc(-c2ccc(C(=O)NCCc3ccccc3)cc2)cc1)C(C)(C)C. The Labute approximate surface area is 314 Å². The summed E-state index contributed by atoms with van der Waals surface area (Å²) < 4.78 is 0. The van der Waals surface area contributed by atoms with Gasteiger partial charge in [-0.05, 0) is 84.5 Å². The number of carbonyl (C=O) groups excluding carboxylic acids is 4. The van der Waals surface area contributed by atoms with Gasteiger partial charge in [-0.3, -0.25) is 19.2 Å². The molecule has 0 unspecified atom stereocenters. The molecule has 4 amide bonds. The number of likely N-dealkylation sites (tertiary alicyclic amines) is 1. The van der Waals surface area contributed by atoms with Crippen LogP contribution < -0.4 is 16.4 Å². The van der Waals surface area contributed by atoms with Crippen LogP contribution in [0.5, 0.6) is 0 Å². The second kappa shape index (κ2) is 18.0. The molecular weight excluding hydrogens is 663 g/mol. The maximum atomic E-state index is 14.2. The van der Waals surface area contributed by atoms with Gasteiger partial charge in [-0.2, -0.15) is 0 Å². The highest BCUT2D eigenvalue weighted by atomic mass is 16.2. The van der Waals surface area contributed by atoms with Gasteiger partial charge in [0.2, 0.25) is 11.8 Å². The molecule has 53 heavy (non-hydrogen) atoms. The molecule has 5 rings (SSSR count). The van der Waals surface area contributed by atoms with Crippen molar-refractivity contribution in [2.24, 2.45) is 11.1 Å². The number of benzene rings is 4. The molecule has 1 heterocycles. The zero-order valence-electron chi connectivity index (χ0n) is 31.4. The van der Waals surface area contributed by atoms with Crippen LogP contribution in [-0.4, -0.2) is 77.7 Å². The summed E-state index contributed by atoms with van der Waals surface area (Å²) in [6.45, 7) is 9.39. The zero-order chi connectivity index (χ0) is 38.0. The molecule has 1 aliphatic rings. The second-order valence-electron chi connectivity index (χ2n) is 15.1. The van der Waals surface area contributed by atoms with Gasteiger partial charge in [-0.1, -0.05) is 106 Å². The largest absolute Gasteiger partial charge is 0.352 e. The fourth-order valence-corrected chi connectivity index (χ4v) is 6.71. The fourth-order valence-electron chi connectivity index (χ4n) is 6.71. The molecule has 4 aromatic rings. The van der Waals surface area contributed by atoms with E-state index in [1.807, 2.05) is 128 Å². The summed E-state index contributed by atoms with van der Waals surface area (Å²) in [6, 6.07) is 33.5. The Balaban J connectivity index is 1.28. The molecule has 4 N–H and O–H groups in total. The van der Waals surface area contributed by atoms with Crippen molar-refractivity contribution in [2.75, 3.05) is 26.2 Å². The molecule has 0 aliphatic carbocycles. The van der Waals surface area contributed by atoms with E-state index in [-0.39, 0.29) is 29.7 Å². The predicted molar refractivity (Wildman–Crippen MR) is 210 cm³/mol. The highest BCUT2D eigenvalue weighted by molar-refractivity contribution is 5.96. The van der Waals surface area contributed by atoms with Crippen LogP contribution in [0.25, 0.3) is 11.1 Å². The van der Waals surface area contributed by atoms with Crippen LogP contribution in [0.4, 0.5) is 0 Å². The second-order valence-corrected chi connectivity index (χ2v) is 15.1. The molecule has 0 bridgehead atoms. The lowest BCUT2D eigenvalue weighted by atomic mass is 9.85. The quantitative estimate of drug-likeness (QED) is 0.151. The topological polar surface area (TPSA) is 125 Å². The van der Waals surface area contributed by atoms with Gasteiger partial charge in [0.15, 0.2) is 0 Å². The molecule has 0 radical (unpaired) electrons. The molecular formula is C44H53N5O4. The first-order valence-electron chi connectivity index (χ1n) is 18.6. The number of nitrogens with zero attached hydrogens (tertiary/aromatic N) is 2. The molecule has 9 nitrogen and oxygen atoms in total. The fraction of sp³-hybridized carbons (Fsp3) is 0.364. The third-order valence-corrected chi connectivity index (χ3v) is 9.86. The van der Waals surface area contributed by atoms with Crippen molar-refractivity contribution >= 4 is 23.6 Å². The molecule has 4 aromatic carbocycles. The van der Waals surface area contributed by atoms with Gasteiger partial charge >= 0.3 is 0 Å². The van der Waals surface area contributed by atoms with Crippen molar-refractivity contribution in [3.05, 3.63) is 131 Å². The number of hydrogen-bond donors (Lipinski definition) is 3. The lowest BCUT2D eigenvalue weighted by molar-refractivity contribution is -0.140. The van der Waals surface area contributed by atoms with Gasteiger partial charge in [-0.25, -0.2) is 0 Å². The Morgan fingerprint density at radius 3 is 1.89 bits per heavy atom. The number of amides is 4. The highest BCUT2D eigenvalue weighted by Gasteiger charge is 2.40. The minimum Gasteiger partial charge on any atom is -0.352 e. The number of carbonyl (C=O) groups is 4. The molecule has 1 fully saturated rings. The number of nitrogens with one attached hydrogen (secondary N) is 2. The van der Waals surface area contributed by atoms with E-state index in [1.165, 1.54) is 5.56 Å². The lowest BCUT2D eigenvalue weighted by Crippen LogP contribution is -2.59. The summed E-state index contributed by atoms with van der Waals surface area (Å²) >= 11 is 0. The maximum Gasteiger partial charge on any atom is 0.253 e. The normalized spacial score (nSPS) is 15.3. The van der Waals surface area contributed by atoms with Crippen molar-refractivity contribution in [3.63, 3.8) is 0 Å². The monoisotopic (exact) mass is 715 g/mol. The van der Waals surface area contributed by atoms with Crippen molar-refractivity contribution in [2.45, 2.75) is 71.5 Å². The van der Waals surface area contributed by atoms with Crippen molar-refractivity contribution < 1.29 is 19.2 Å². The first-order chi connectivity index (χ1) is 25.4. The van der Waals surface area contributed by atoms with Gasteiger partial charge in [0.25, 0.3) is 11.8 Å². The van der Waals surface area contributed by atoms with Gasteiger partial charge in [0.1, 0.15) is 6.04 Å².